The van der Waals surface area contributed by atoms with E-state index in [1.807, 2.05) is 20.8 Å². The Labute approximate surface area is 170 Å². The molecular formula is C22H27FN2O4. The highest BCUT2D eigenvalue weighted by molar-refractivity contribution is 5.77. The number of carbonyl (C=O) groups is 2. The Balaban J connectivity index is 1.48. The van der Waals surface area contributed by atoms with Crippen LogP contribution in [-0.4, -0.2) is 53.6 Å². The van der Waals surface area contributed by atoms with Gasteiger partial charge in [-0.05, 0) is 45.0 Å². The number of aryl methyl sites for hydroxylation is 1. The molecule has 1 aromatic carbocycles. The van der Waals surface area contributed by atoms with Crippen molar-refractivity contribution in [2.24, 2.45) is 0 Å². The summed E-state index contributed by atoms with van der Waals surface area (Å²) in [7, 11) is 0. The molecule has 3 rings (SSSR count). The van der Waals surface area contributed by atoms with Crippen LogP contribution in [0.5, 0.6) is 0 Å². The summed E-state index contributed by atoms with van der Waals surface area (Å²) in [5.41, 5.74) is -0.127. The Hall–Kier alpha value is -2.83. The van der Waals surface area contributed by atoms with Crippen LogP contribution in [0.1, 0.15) is 33.0 Å². The summed E-state index contributed by atoms with van der Waals surface area (Å²) in [6, 6.07) is 9.92. The summed E-state index contributed by atoms with van der Waals surface area (Å²) < 4.78 is 24.9. The van der Waals surface area contributed by atoms with Gasteiger partial charge in [0.15, 0.2) is 0 Å². The first-order valence-corrected chi connectivity index (χ1v) is 9.82. The fraction of sp³-hybridized carbons (Fsp3) is 0.455. The predicted molar refractivity (Wildman–Crippen MR) is 107 cm³/mol. The summed E-state index contributed by atoms with van der Waals surface area (Å²) in [5.74, 6) is 0.769. The fourth-order valence-corrected chi connectivity index (χ4v) is 3.17. The molecule has 0 atom stereocenters. The maximum Gasteiger partial charge on any atom is 0.410 e. The molecule has 2 aromatic rings. The van der Waals surface area contributed by atoms with Crippen LogP contribution in [0.15, 0.2) is 40.8 Å². The molecule has 29 heavy (non-hydrogen) atoms. The van der Waals surface area contributed by atoms with Crippen LogP contribution in [0, 0.1) is 5.82 Å². The number of furan rings is 1. The Morgan fingerprint density at radius 1 is 1.03 bits per heavy atom. The average Bonchev–Trinajstić information content (AvgIpc) is 3.14. The van der Waals surface area contributed by atoms with E-state index in [0.29, 0.717) is 56.1 Å². The van der Waals surface area contributed by atoms with Crippen molar-refractivity contribution in [2.45, 2.75) is 39.2 Å². The molecule has 1 fully saturated rings. The third-order valence-corrected chi connectivity index (χ3v) is 4.67. The van der Waals surface area contributed by atoms with Crippen molar-refractivity contribution in [1.29, 1.82) is 0 Å². The lowest BCUT2D eigenvalue weighted by Gasteiger charge is -2.35. The summed E-state index contributed by atoms with van der Waals surface area (Å²) in [6.45, 7) is 7.37. The number of halogens is 1. The molecule has 1 aliphatic rings. The number of amides is 2. The molecule has 0 aliphatic carbocycles. The van der Waals surface area contributed by atoms with Crippen molar-refractivity contribution in [2.75, 3.05) is 26.2 Å². The second-order valence-corrected chi connectivity index (χ2v) is 8.09. The van der Waals surface area contributed by atoms with Gasteiger partial charge < -0.3 is 19.0 Å². The standard InChI is InChI=1S/C22H27FN2O4/c1-22(2,3)29-21(27)25-14-12-24(13-15-25)20(26)11-9-16-8-10-19(28-16)17-6-4-5-7-18(17)23/h4-8,10H,9,11-15H2,1-3H3. The number of piperazine rings is 1. The minimum Gasteiger partial charge on any atom is -0.461 e. The highest BCUT2D eigenvalue weighted by Gasteiger charge is 2.27. The van der Waals surface area contributed by atoms with Crippen LogP contribution < -0.4 is 0 Å². The van der Waals surface area contributed by atoms with E-state index in [1.54, 1.807) is 40.1 Å². The van der Waals surface area contributed by atoms with Crippen molar-refractivity contribution >= 4 is 12.0 Å². The van der Waals surface area contributed by atoms with Crippen molar-refractivity contribution < 1.29 is 23.1 Å². The Bertz CT molecular complexity index is 864. The Morgan fingerprint density at radius 2 is 1.69 bits per heavy atom. The molecule has 156 valence electrons. The molecule has 0 spiro atoms. The third-order valence-electron chi connectivity index (χ3n) is 4.67. The molecule has 1 aromatic heterocycles. The maximum absolute atomic E-state index is 13.9. The number of ether oxygens (including phenoxy) is 1. The van der Waals surface area contributed by atoms with Crippen LogP contribution in [0.3, 0.4) is 0 Å². The van der Waals surface area contributed by atoms with E-state index < -0.39 is 5.60 Å². The van der Waals surface area contributed by atoms with Crippen molar-refractivity contribution in [1.82, 2.24) is 9.80 Å². The lowest BCUT2D eigenvalue weighted by Crippen LogP contribution is -2.51. The van der Waals surface area contributed by atoms with E-state index in [2.05, 4.69) is 0 Å². The lowest BCUT2D eigenvalue weighted by atomic mass is 10.1. The lowest BCUT2D eigenvalue weighted by molar-refractivity contribution is -0.133. The second-order valence-electron chi connectivity index (χ2n) is 8.09. The summed E-state index contributed by atoms with van der Waals surface area (Å²) in [5, 5.41) is 0. The third kappa shape index (κ3) is 5.59. The van der Waals surface area contributed by atoms with Gasteiger partial charge in [-0.15, -0.1) is 0 Å². The molecule has 7 heteroatoms. The summed E-state index contributed by atoms with van der Waals surface area (Å²) >= 11 is 0. The molecule has 0 bridgehead atoms. The first-order chi connectivity index (χ1) is 13.7. The van der Waals surface area contributed by atoms with Crippen LogP contribution in [-0.2, 0) is 16.0 Å². The zero-order chi connectivity index (χ0) is 21.0. The molecule has 0 radical (unpaired) electrons. The number of hydrogen-bond acceptors (Lipinski definition) is 4. The van der Waals surface area contributed by atoms with Crippen molar-refractivity contribution in [3.63, 3.8) is 0 Å². The number of carbonyl (C=O) groups excluding carboxylic acids is 2. The van der Waals surface area contributed by atoms with E-state index in [1.165, 1.54) is 6.07 Å². The van der Waals surface area contributed by atoms with Gasteiger partial charge >= 0.3 is 6.09 Å². The quantitative estimate of drug-likeness (QED) is 0.773. The smallest absolute Gasteiger partial charge is 0.410 e. The zero-order valence-electron chi connectivity index (χ0n) is 17.1. The van der Waals surface area contributed by atoms with Crippen molar-refractivity contribution in [3.8, 4) is 11.3 Å². The first-order valence-electron chi connectivity index (χ1n) is 9.82. The molecule has 0 unspecified atom stereocenters. The molecule has 0 saturated carbocycles. The van der Waals surface area contributed by atoms with Crippen molar-refractivity contribution in [3.05, 3.63) is 48.0 Å². The SMILES string of the molecule is CC(C)(C)OC(=O)N1CCN(C(=O)CCc2ccc(-c3ccccc3F)o2)CC1. The Kier molecular flexibility index (Phi) is 6.25. The molecule has 2 amide bonds. The van der Waals surface area contributed by atoms with Crippen LogP contribution in [0.2, 0.25) is 0 Å². The minimum atomic E-state index is -0.533. The van der Waals surface area contributed by atoms with Gasteiger partial charge in [0, 0.05) is 39.0 Å². The van der Waals surface area contributed by atoms with Gasteiger partial charge in [0.25, 0.3) is 0 Å². The zero-order valence-corrected chi connectivity index (χ0v) is 17.1. The van der Waals surface area contributed by atoms with E-state index >= 15 is 0 Å². The fourth-order valence-electron chi connectivity index (χ4n) is 3.17. The Morgan fingerprint density at radius 3 is 2.34 bits per heavy atom. The second kappa shape index (κ2) is 8.68. The normalized spacial score (nSPS) is 14.8. The van der Waals surface area contributed by atoms with Gasteiger partial charge in [0.05, 0.1) is 5.56 Å². The van der Waals surface area contributed by atoms with E-state index in [0.717, 1.165) is 0 Å². The predicted octanol–water partition coefficient (Wildman–Crippen LogP) is 4.10. The van der Waals surface area contributed by atoms with Crippen LogP contribution in [0.4, 0.5) is 9.18 Å². The molecule has 1 aliphatic heterocycles. The summed E-state index contributed by atoms with van der Waals surface area (Å²) in [4.78, 5) is 28.0. The van der Waals surface area contributed by atoms with Crippen LogP contribution >= 0.6 is 0 Å². The van der Waals surface area contributed by atoms with Gasteiger partial charge in [-0.1, -0.05) is 12.1 Å². The molecule has 6 nitrogen and oxygen atoms in total. The first kappa shape index (κ1) is 20.9. The summed E-state index contributed by atoms with van der Waals surface area (Å²) in [6.07, 6.45) is 0.400. The van der Waals surface area contributed by atoms with E-state index in [-0.39, 0.29) is 17.8 Å². The number of nitrogens with zero attached hydrogens (tertiary/aromatic N) is 2. The highest BCUT2D eigenvalue weighted by atomic mass is 19.1. The molecule has 1 saturated heterocycles. The van der Waals surface area contributed by atoms with Crippen LogP contribution in [0.25, 0.3) is 11.3 Å². The van der Waals surface area contributed by atoms with Gasteiger partial charge in [0.1, 0.15) is 22.9 Å². The van der Waals surface area contributed by atoms with Gasteiger partial charge in [-0.2, -0.15) is 0 Å². The average molecular weight is 402 g/mol. The monoisotopic (exact) mass is 402 g/mol. The largest absolute Gasteiger partial charge is 0.461 e. The number of benzene rings is 1. The molecule has 2 heterocycles. The van der Waals surface area contributed by atoms with E-state index in [9.17, 15) is 14.0 Å². The van der Waals surface area contributed by atoms with Gasteiger partial charge in [-0.3, -0.25) is 4.79 Å². The van der Waals surface area contributed by atoms with Gasteiger partial charge in [-0.25, -0.2) is 9.18 Å². The van der Waals surface area contributed by atoms with E-state index in [4.69, 9.17) is 9.15 Å². The topological polar surface area (TPSA) is 63.0 Å². The number of hydrogen-bond donors (Lipinski definition) is 0. The molecule has 0 N–H and O–H groups in total. The highest BCUT2D eigenvalue weighted by Crippen LogP contribution is 2.25. The molecular weight excluding hydrogens is 375 g/mol. The minimum absolute atomic E-state index is 0.0117. The van der Waals surface area contributed by atoms with Gasteiger partial charge in [0.2, 0.25) is 5.91 Å². The maximum atomic E-state index is 13.9. The number of rotatable bonds is 4.